The zero-order valence-electron chi connectivity index (χ0n) is 8.24. The lowest BCUT2D eigenvalue weighted by molar-refractivity contribution is -0.150. The second-order valence-electron chi connectivity index (χ2n) is 2.55. The topological polar surface area (TPSA) is 86.7 Å². The molecule has 6 nitrogen and oxygen atoms in total. The van der Waals surface area contributed by atoms with Gasteiger partial charge in [0.05, 0.1) is 6.54 Å². The lowest BCUT2D eigenvalue weighted by Crippen LogP contribution is -2.42. The number of amides is 2. The molecule has 0 saturated carbocycles. The molecule has 0 heterocycles. The van der Waals surface area contributed by atoms with E-state index in [4.69, 9.17) is 5.11 Å². The third-order valence-electron chi connectivity index (χ3n) is 1.71. The summed E-state index contributed by atoms with van der Waals surface area (Å²) in [5, 5.41) is 10.2. The molecule has 0 bridgehead atoms. The Morgan fingerprint density at radius 3 is 2.07 bits per heavy atom. The van der Waals surface area contributed by atoms with E-state index < -0.39 is 11.9 Å². The molecule has 0 aliphatic heterocycles. The first-order valence-electron chi connectivity index (χ1n) is 4.31. The first kappa shape index (κ1) is 12.4. The summed E-state index contributed by atoms with van der Waals surface area (Å²) in [6, 6.07) is 0. The van der Waals surface area contributed by atoms with Crippen molar-refractivity contribution in [3.63, 3.8) is 0 Å². The first-order valence-corrected chi connectivity index (χ1v) is 4.31. The summed E-state index contributed by atoms with van der Waals surface area (Å²) in [5.41, 5.74) is 0. The van der Waals surface area contributed by atoms with Crippen LogP contribution in [-0.4, -0.2) is 47.4 Å². The summed E-state index contributed by atoms with van der Waals surface area (Å²) in [4.78, 5) is 33.4. The van der Waals surface area contributed by atoms with Crippen molar-refractivity contribution >= 4 is 17.8 Å². The predicted octanol–water partition coefficient (Wildman–Crippen LogP) is -0.944. The number of carbonyl (C=O) groups is 3. The normalized spacial score (nSPS) is 9.29. The average Bonchev–Trinajstić information content (AvgIpc) is 2.15. The van der Waals surface area contributed by atoms with Gasteiger partial charge in [0, 0.05) is 13.1 Å². The Balaban J connectivity index is 3.95. The molecule has 0 saturated heterocycles. The molecule has 0 aromatic rings. The van der Waals surface area contributed by atoms with Crippen LogP contribution in [0.3, 0.4) is 0 Å². The summed E-state index contributed by atoms with van der Waals surface area (Å²) in [5.74, 6) is -3.03. The zero-order chi connectivity index (χ0) is 11.1. The number of hydrogen-bond donors (Lipinski definition) is 2. The average molecular weight is 202 g/mol. The van der Waals surface area contributed by atoms with Gasteiger partial charge in [-0.1, -0.05) is 0 Å². The highest BCUT2D eigenvalue weighted by molar-refractivity contribution is 6.31. The van der Waals surface area contributed by atoms with E-state index in [9.17, 15) is 14.4 Å². The van der Waals surface area contributed by atoms with Crippen molar-refractivity contribution in [1.29, 1.82) is 0 Å². The van der Waals surface area contributed by atoms with Crippen LogP contribution in [0.25, 0.3) is 0 Å². The molecule has 0 aliphatic carbocycles. The molecule has 80 valence electrons. The zero-order valence-corrected chi connectivity index (χ0v) is 8.24. The fourth-order valence-corrected chi connectivity index (χ4v) is 0.920. The number of rotatable bonds is 4. The van der Waals surface area contributed by atoms with Crippen LogP contribution in [0, 0.1) is 0 Å². The quantitative estimate of drug-likeness (QED) is 0.576. The Kier molecular flexibility index (Phi) is 5.28. The minimum atomic E-state index is -1.59. The summed E-state index contributed by atoms with van der Waals surface area (Å²) in [7, 11) is 0. The highest BCUT2D eigenvalue weighted by atomic mass is 16.4. The van der Waals surface area contributed by atoms with Crippen LogP contribution < -0.4 is 5.32 Å². The standard InChI is InChI=1S/C8H14N2O4/c1-3-10(4-2)6(11)5-9-7(12)8(13)14/h3-5H2,1-2H3,(H,9,12)(H,13,14). The van der Waals surface area contributed by atoms with Crippen molar-refractivity contribution in [3.8, 4) is 0 Å². The lowest BCUT2D eigenvalue weighted by Gasteiger charge is -2.18. The first-order chi connectivity index (χ1) is 6.52. The van der Waals surface area contributed by atoms with E-state index >= 15 is 0 Å². The number of carboxylic acid groups (broad SMARTS) is 1. The second-order valence-corrected chi connectivity index (χ2v) is 2.55. The highest BCUT2D eigenvalue weighted by Gasteiger charge is 2.14. The Labute approximate surface area is 81.9 Å². The van der Waals surface area contributed by atoms with Crippen LogP contribution in [0.4, 0.5) is 0 Å². The monoisotopic (exact) mass is 202 g/mol. The van der Waals surface area contributed by atoms with Gasteiger partial charge >= 0.3 is 11.9 Å². The molecule has 14 heavy (non-hydrogen) atoms. The molecular weight excluding hydrogens is 188 g/mol. The maximum atomic E-state index is 11.3. The van der Waals surface area contributed by atoms with Crippen molar-refractivity contribution in [2.45, 2.75) is 13.8 Å². The number of carboxylic acids is 1. The third kappa shape index (κ3) is 3.88. The summed E-state index contributed by atoms with van der Waals surface area (Å²) in [6.07, 6.45) is 0. The van der Waals surface area contributed by atoms with Crippen molar-refractivity contribution < 1.29 is 19.5 Å². The van der Waals surface area contributed by atoms with Crippen molar-refractivity contribution in [3.05, 3.63) is 0 Å². The van der Waals surface area contributed by atoms with Crippen molar-refractivity contribution in [2.24, 2.45) is 0 Å². The number of nitrogens with zero attached hydrogens (tertiary/aromatic N) is 1. The molecule has 0 aromatic carbocycles. The van der Waals surface area contributed by atoms with Crippen LogP contribution >= 0.6 is 0 Å². The fraction of sp³-hybridized carbons (Fsp3) is 0.625. The molecule has 2 amide bonds. The number of carbonyl (C=O) groups excluding carboxylic acids is 2. The molecule has 0 fully saturated rings. The van der Waals surface area contributed by atoms with Gasteiger partial charge in [-0.2, -0.15) is 0 Å². The van der Waals surface area contributed by atoms with Gasteiger partial charge in [-0.25, -0.2) is 4.79 Å². The van der Waals surface area contributed by atoms with Gasteiger partial charge in [0.1, 0.15) is 0 Å². The number of nitrogens with one attached hydrogen (secondary N) is 1. The third-order valence-corrected chi connectivity index (χ3v) is 1.71. The van der Waals surface area contributed by atoms with Crippen LogP contribution in [-0.2, 0) is 14.4 Å². The molecular formula is C8H14N2O4. The van der Waals surface area contributed by atoms with Gasteiger partial charge in [-0.05, 0) is 13.8 Å². The molecule has 2 N–H and O–H groups in total. The van der Waals surface area contributed by atoms with Crippen LogP contribution in [0.15, 0.2) is 0 Å². The summed E-state index contributed by atoms with van der Waals surface area (Å²) in [6.45, 7) is 4.42. The van der Waals surface area contributed by atoms with Gasteiger partial charge in [-0.3, -0.25) is 9.59 Å². The summed E-state index contributed by atoms with van der Waals surface area (Å²) >= 11 is 0. The Bertz CT molecular complexity index is 235. The van der Waals surface area contributed by atoms with Crippen LogP contribution in [0.2, 0.25) is 0 Å². The van der Waals surface area contributed by atoms with E-state index in [-0.39, 0.29) is 12.5 Å². The predicted molar refractivity (Wildman–Crippen MR) is 48.6 cm³/mol. The van der Waals surface area contributed by atoms with Gasteiger partial charge in [0.15, 0.2) is 0 Å². The highest BCUT2D eigenvalue weighted by Crippen LogP contribution is 1.86. The van der Waals surface area contributed by atoms with Crippen molar-refractivity contribution in [1.82, 2.24) is 10.2 Å². The van der Waals surface area contributed by atoms with E-state index in [1.54, 1.807) is 13.8 Å². The maximum Gasteiger partial charge on any atom is 0.394 e. The van der Waals surface area contributed by atoms with Crippen LogP contribution in [0.1, 0.15) is 13.8 Å². The molecule has 6 heteroatoms. The minimum Gasteiger partial charge on any atom is -0.474 e. The largest absolute Gasteiger partial charge is 0.474 e. The van der Waals surface area contributed by atoms with Crippen LogP contribution in [0.5, 0.6) is 0 Å². The van der Waals surface area contributed by atoms with E-state index in [1.807, 2.05) is 5.32 Å². The smallest absolute Gasteiger partial charge is 0.394 e. The molecule has 0 rings (SSSR count). The Hall–Kier alpha value is -1.59. The maximum absolute atomic E-state index is 11.3. The summed E-state index contributed by atoms with van der Waals surface area (Å²) < 4.78 is 0. The Morgan fingerprint density at radius 2 is 1.71 bits per heavy atom. The molecule has 0 aliphatic rings. The number of hydrogen-bond acceptors (Lipinski definition) is 3. The number of likely N-dealkylation sites (N-methyl/N-ethyl adjacent to an activating group) is 1. The van der Waals surface area contributed by atoms with Gasteiger partial charge < -0.3 is 15.3 Å². The fourth-order valence-electron chi connectivity index (χ4n) is 0.920. The molecule has 0 unspecified atom stereocenters. The molecule has 0 radical (unpaired) electrons. The molecule has 0 aromatic heterocycles. The minimum absolute atomic E-state index is 0.271. The SMILES string of the molecule is CCN(CC)C(=O)CNC(=O)C(=O)O. The van der Waals surface area contributed by atoms with E-state index in [0.717, 1.165) is 0 Å². The van der Waals surface area contributed by atoms with E-state index in [2.05, 4.69) is 0 Å². The number of aliphatic carboxylic acids is 1. The molecule has 0 spiro atoms. The Morgan fingerprint density at radius 1 is 1.21 bits per heavy atom. The van der Waals surface area contributed by atoms with Crippen molar-refractivity contribution in [2.75, 3.05) is 19.6 Å². The van der Waals surface area contributed by atoms with Gasteiger partial charge in [0.2, 0.25) is 5.91 Å². The molecule has 0 atom stereocenters. The van der Waals surface area contributed by atoms with Gasteiger partial charge in [-0.15, -0.1) is 0 Å². The lowest BCUT2D eigenvalue weighted by atomic mass is 10.4. The van der Waals surface area contributed by atoms with E-state index in [1.165, 1.54) is 4.90 Å². The van der Waals surface area contributed by atoms with Gasteiger partial charge in [0.25, 0.3) is 0 Å². The van der Waals surface area contributed by atoms with E-state index in [0.29, 0.717) is 13.1 Å². The second kappa shape index (κ2) is 5.95.